The highest BCUT2D eigenvalue weighted by atomic mass is 32.2. The van der Waals surface area contributed by atoms with Crippen LogP contribution in [0.2, 0.25) is 0 Å². The molecular weight excluding hydrogens is 370 g/mol. The van der Waals surface area contributed by atoms with Gasteiger partial charge in [0.05, 0.1) is 16.3 Å². The average Bonchev–Trinajstić information content (AvgIpc) is 2.69. The van der Waals surface area contributed by atoms with Crippen molar-refractivity contribution in [2.24, 2.45) is 5.92 Å². The molecule has 1 unspecified atom stereocenters. The number of nitrogens with one attached hydrogen (secondary N) is 2. The molecule has 0 bridgehead atoms. The van der Waals surface area contributed by atoms with E-state index in [0.29, 0.717) is 11.4 Å². The summed E-state index contributed by atoms with van der Waals surface area (Å²) in [7, 11) is -4.15. The van der Waals surface area contributed by atoms with Crippen molar-refractivity contribution in [2.75, 3.05) is 15.8 Å². The lowest BCUT2D eigenvalue weighted by Gasteiger charge is -2.12. The Bertz CT molecular complexity index is 948. The predicted octanol–water partition coefficient (Wildman–Crippen LogP) is 3.45. The summed E-state index contributed by atoms with van der Waals surface area (Å²) in [5.41, 5.74) is -0.107. The highest BCUT2D eigenvalue weighted by molar-refractivity contribution is 7.99. The zero-order chi connectivity index (χ0) is 18.2. The second-order valence-corrected chi connectivity index (χ2v) is 8.33. The minimum atomic E-state index is -4.15. The van der Waals surface area contributed by atoms with Crippen LogP contribution in [0.4, 0.5) is 20.2 Å². The molecule has 2 aromatic rings. The van der Waals surface area contributed by atoms with Gasteiger partial charge in [-0.25, -0.2) is 17.2 Å². The van der Waals surface area contributed by atoms with E-state index in [1.165, 1.54) is 23.9 Å². The number of rotatable bonds is 3. The van der Waals surface area contributed by atoms with E-state index < -0.39 is 27.3 Å². The quantitative estimate of drug-likeness (QED) is 0.850. The molecule has 0 saturated carbocycles. The van der Waals surface area contributed by atoms with Crippen LogP contribution in [-0.4, -0.2) is 20.1 Å². The number of halogens is 2. The van der Waals surface area contributed by atoms with Crippen LogP contribution in [0.1, 0.15) is 6.92 Å². The smallest absolute Gasteiger partial charge is 0.262 e. The second kappa shape index (κ2) is 6.64. The average molecular weight is 384 g/mol. The molecule has 132 valence electrons. The lowest BCUT2D eigenvalue weighted by Crippen LogP contribution is -2.20. The Morgan fingerprint density at radius 1 is 1.20 bits per heavy atom. The molecule has 0 saturated heterocycles. The van der Waals surface area contributed by atoms with E-state index in [2.05, 4.69) is 5.32 Å². The maximum absolute atomic E-state index is 13.7. The Hall–Kier alpha value is -2.13. The number of benzene rings is 2. The molecule has 0 fully saturated rings. The Morgan fingerprint density at radius 2 is 1.96 bits per heavy atom. The van der Waals surface area contributed by atoms with Crippen LogP contribution in [0.5, 0.6) is 0 Å². The minimum Gasteiger partial charge on any atom is -0.325 e. The molecule has 0 spiro atoms. The molecular formula is C16H14F2N2O3S2. The summed E-state index contributed by atoms with van der Waals surface area (Å²) in [6, 6.07) is 6.72. The van der Waals surface area contributed by atoms with Gasteiger partial charge in [0.15, 0.2) is 0 Å². The number of fused-ring (bicyclic) bond motifs is 1. The van der Waals surface area contributed by atoms with Gasteiger partial charge in [-0.1, -0.05) is 6.92 Å². The summed E-state index contributed by atoms with van der Waals surface area (Å²) in [6.45, 7) is 1.78. The fourth-order valence-corrected chi connectivity index (χ4v) is 4.32. The second-order valence-electron chi connectivity index (χ2n) is 5.59. The van der Waals surface area contributed by atoms with Gasteiger partial charge in [0.1, 0.15) is 11.6 Å². The molecule has 2 N–H and O–H groups in total. The van der Waals surface area contributed by atoms with E-state index in [1.807, 2.05) is 4.72 Å². The van der Waals surface area contributed by atoms with Gasteiger partial charge in [0.2, 0.25) is 5.91 Å². The van der Waals surface area contributed by atoms with Crippen molar-refractivity contribution in [3.8, 4) is 0 Å². The van der Waals surface area contributed by atoms with Crippen LogP contribution in [0.15, 0.2) is 46.2 Å². The van der Waals surface area contributed by atoms with E-state index >= 15 is 0 Å². The van der Waals surface area contributed by atoms with Crippen molar-refractivity contribution >= 4 is 39.1 Å². The third-order valence-electron chi connectivity index (χ3n) is 3.63. The lowest BCUT2D eigenvalue weighted by atomic mass is 10.2. The molecule has 1 aliphatic rings. The predicted molar refractivity (Wildman–Crippen MR) is 92.1 cm³/mol. The molecule has 5 nitrogen and oxygen atoms in total. The number of anilines is 2. The van der Waals surface area contributed by atoms with Gasteiger partial charge in [-0.15, -0.1) is 11.8 Å². The van der Waals surface area contributed by atoms with Crippen molar-refractivity contribution in [1.29, 1.82) is 0 Å². The molecule has 25 heavy (non-hydrogen) atoms. The van der Waals surface area contributed by atoms with Crippen molar-refractivity contribution in [3.63, 3.8) is 0 Å². The van der Waals surface area contributed by atoms with Gasteiger partial charge in [-0.05, 0) is 30.3 Å². The van der Waals surface area contributed by atoms with Crippen LogP contribution in [-0.2, 0) is 14.8 Å². The van der Waals surface area contributed by atoms with Crippen LogP contribution in [0.25, 0.3) is 0 Å². The Morgan fingerprint density at radius 3 is 2.72 bits per heavy atom. The third kappa shape index (κ3) is 3.77. The topological polar surface area (TPSA) is 75.3 Å². The first kappa shape index (κ1) is 17.7. The molecule has 1 atom stereocenters. The first-order valence-electron chi connectivity index (χ1n) is 7.32. The minimum absolute atomic E-state index is 0.162. The highest BCUT2D eigenvalue weighted by Crippen LogP contribution is 2.34. The van der Waals surface area contributed by atoms with Gasteiger partial charge >= 0.3 is 0 Å². The van der Waals surface area contributed by atoms with Gasteiger partial charge in [0.25, 0.3) is 10.0 Å². The number of carbonyl (C=O) groups is 1. The van der Waals surface area contributed by atoms with Crippen molar-refractivity contribution in [3.05, 3.63) is 48.0 Å². The largest absolute Gasteiger partial charge is 0.325 e. The number of thioether (sulfide) groups is 1. The van der Waals surface area contributed by atoms with E-state index in [4.69, 9.17) is 0 Å². The Labute approximate surface area is 147 Å². The molecule has 1 amide bonds. The summed E-state index contributed by atoms with van der Waals surface area (Å²) in [4.78, 5) is 12.5. The maximum Gasteiger partial charge on any atom is 0.262 e. The molecule has 3 rings (SSSR count). The maximum atomic E-state index is 13.7. The Balaban J connectivity index is 1.95. The molecule has 0 aliphatic carbocycles. The van der Waals surface area contributed by atoms with Gasteiger partial charge in [-0.2, -0.15) is 0 Å². The first-order valence-corrected chi connectivity index (χ1v) is 9.79. The van der Waals surface area contributed by atoms with E-state index in [9.17, 15) is 22.0 Å². The molecule has 1 aliphatic heterocycles. The SMILES string of the molecule is CC1CSc2ccc(S(=O)(=O)Nc3cc(F)ccc3F)cc2NC1=O. The van der Waals surface area contributed by atoms with Gasteiger partial charge in [0, 0.05) is 22.6 Å². The molecule has 0 aromatic heterocycles. The standard InChI is InChI=1S/C16H14F2N2O3S2/c1-9-8-24-15-5-3-11(7-14(15)19-16(9)21)25(22,23)20-13-6-10(17)2-4-12(13)18/h2-7,9,20H,8H2,1H3,(H,19,21). The fourth-order valence-electron chi connectivity index (χ4n) is 2.23. The molecule has 2 aromatic carbocycles. The summed E-state index contributed by atoms with van der Waals surface area (Å²) < 4.78 is 53.9. The summed E-state index contributed by atoms with van der Waals surface area (Å²) in [5.74, 6) is -1.49. The summed E-state index contributed by atoms with van der Waals surface area (Å²) in [5, 5.41) is 2.68. The molecule has 1 heterocycles. The number of hydrogen-bond acceptors (Lipinski definition) is 4. The van der Waals surface area contributed by atoms with Crippen molar-refractivity contribution in [2.45, 2.75) is 16.7 Å². The summed E-state index contributed by atoms with van der Waals surface area (Å²) >= 11 is 1.44. The summed E-state index contributed by atoms with van der Waals surface area (Å²) in [6.07, 6.45) is 0. The number of carbonyl (C=O) groups excluding carboxylic acids is 1. The Kier molecular flexibility index (Phi) is 4.70. The third-order valence-corrected chi connectivity index (χ3v) is 6.33. The van der Waals surface area contributed by atoms with Gasteiger partial charge < -0.3 is 5.32 Å². The molecule has 0 radical (unpaired) electrons. The number of amides is 1. The van der Waals surface area contributed by atoms with Gasteiger partial charge in [-0.3, -0.25) is 9.52 Å². The van der Waals surface area contributed by atoms with Crippen molar-refractivity contribution in [1.82, 2.24) is 0 Å². The fraction of sp³-hybridized carbons (Fsp3) is 0.188. The molecule has 9 heteroatoms. The monoisotopic (exact) mass is 384 g/mol. The van der Waals surface area contributed by atoms with Crippen LogP contribution in [0, 0.1) is 17.6 Å². The van der Waals surface area contributed by atoms with Crippen molar-refractivity contribution < 1.29 is 22.0 Å². The van der Waals surface area contributed by atoms with Crippen LogP contribution >= 0.6 is 11.8 Å². The lowest BCUT2D eigenvalue weighted by molar-refractivity contribution is -0.118. The zero-order valence-electron chi connectivity index (χ0n) is 13.0. The zero-order valence-corrected chi connectivity index (χ0v) is 14.7. The van der Waals surface area contributed by atoms with Crippen LogP contribution in [0.3, 0.4) is 0 Å². The van der Waals surface area contributed by atoms with E-state index in [-0.39, 0.29) is 16.7 Å². The van der Waals surface area contributed by atoms with E-state index in [0.717, 1.165) is 23.1 Å². The number of sulfonamides is 1. The highest BCUT2D eigenvalue weighted by Gasteiger charge is 2.23. The normalized spacial score (nSPS) is 17.4. The first-order chi connectivity index (χ1) is 11.8. The van der Waals surface area contributed by atoms with E-state index in [1.54, 1.807) is 13.0 Å². The van der Waals surface area contributed by atoms with Crippen LogP contribution < -0.4 is 10.0 Å². The number of hydrogen-bond donors (Lipinski definition) is 2.